The predicted molar refractivity (Wildman–Crippen MR) is 87.2 cm³/mol. The van der Waals surface area contributed by atoms with Gasteiger partial charge in [0.25, 0.3) is 0 Å². The van der Waals surface area contributed by atoms with E-state index in [-0.39, 0.29) is 5.91 Å². The molecule has 1 fully saturated rings. The third-order valence-electron chi connectivity index (χ3n) is 4.72. The fourth-order valence-corrected chi connectivity index (χ4v) is 4.28. The van der Waals surface area contributed by atoms with E-state index in [1.165, 1.54) is 37.0 Å². The number of carboxylic acid groups (broad SMARTS) is 1. The lowest BCUT2D eigenvalue weighted by Crippen LogP contribution is -2.34. The molecule has 0 spiro atoms. The van der Waals surface area contributed by atoms with Crippen LogP contribution in [0.5, 0.6) is 0 Å². The van der Waals surface area contributed by atoms with Crippen molar-refractivity contribution in [3.8, 4) is 0 Å². The highest BCUT2D eigenvalue weighted by atomic mass is 32.1. The summed E-state index contributed by atoms with van der Waals surface area (Å²) in [6.07, 6.45) is 10.6. The second-order valence-electron chi connectivity index (χ2n) is 6.34. The molecule has 0 aromatic carbocycles. The highest BCUT2D eigenvalue weighted by molar-refractivity contribution is 7.15. The number of nitrogens with one attached hydrogen (secondary N) is 1. The molecule has 2 atom stereocenters. The lowest BCUT2D eigenvalue weighted by atomic mass is 9.82. The van der Waals surface area contributed by atoms with Crippen LogP contribution >= 0.6 is 11.3 Å². The largest absolute Gasteiger partial charge is 0.481 e. The van der Waals surface area contributed by atoms with Crippen LogP contribution < -0.4 is 5.32 Å². The van der Waals surface area contributed by atoms with E-state index in [1.54, 1.807) is 0 Å². The number of nitrogens with zero attached hydrogens (tertiary/aromatic N) is 2. The molecule has 0 bridgehead atoms. The summed E-state index contributed by atoms with van der Waals surface area (Å²) in [6.45, 7) is 0. The Bertz CT molecular complexity index is 607. The van der Waals surface area contributed by atoms with Gasteiger partial charge in [-0.15, -0.1) is 10.2 Å². The van der Waals surface area contributed by atoms with Crippen molar-refractivity contribution in [2.45, 2.75) is 44.9 Å². The van der Waals surface area contributed by atoms with Crippen molar-refractivity contribution in [1.29, 1.82) is 0 Å². The van der Waals surface area contributed by atoms with Crippen LogP contribution in [0, 0.1) is 17.8 Å². The summed E-state index contributed by atoms with van der Waals surface area (Å²) in [5.41, 5.74) is 0. The molecular formula is C16H21N3O3S. The van der Waals surface area contributed by atoms with Crippen LogP contribution in [-0.4, -0.2) is 27.2 Å². The van der Waals surface area contributed by atoms with Gasteiger partial charge < -0.3 is 10.4 Å². The lowest BCUT2D eigenvalue weighted by Gasteiger charge is -2.23. The second-order valence-corrected chi connectivity index (χ2v) is 7.40. The highest BCUT2D eigenvalue weighted by Crippen LogP contribution is 2.31. The number of amides is 1. The van der Waals surface area contributed by atoms with Crippen LogP contribution in [0.25, 0.3) is 0 Å². The van der Waals surface area contributed by atoms with Crippen LogP contribution in [-0.2, 0) is 16.0 Å². The maximum atomic E-state index is 12.4. The average Bonchev–Trinajstić information content (AvgIpc) is 3.20. The van der Waals surface area contributed by atoms with Crippen LogP contribution in [0.4, 0.5) is 5.13 Å². The number of aliphatic carboxylic acids is 1. The van der Waals surface area contributed by atoms with Gasteiger partial charge in [-0.05, 0) is 18.8 Å². The lowest BCUT2D eigenvalue weighted by molar-refractivity contribution is -0.146. The number of aromatic nitrogens is 2. The van der Waals surface area contributed by atoms with Gasteiger partial charge in [0.05, 0.1) is 11.8 Å². The summed E-state index contributed by atoms with van der Waals surface area (Å²) in [4.78, 5) is 23.6. The summed E-state index contributed by atoms with van der Waals surface area (Å²) >= 11 is 1.40. The van der Waals surface area contributed by atoms with E-state index in [0.717, 1.165) is 11.4 Å². The van der Waals surface area contributed by atoms with Gasteiger partial charge in [0.2, 0.25) is 11.0 Å². The van der Waals surface area contributed by atoms with Crippen LogP contribution in [0.2, 0.25) is 0 Å². The first-order valence-corrected chi connectivity index (χ1v) is 8.96. The van der Waals surface area contributed by atoms with Crippen molar-refractivity contribution in [2.24, 2.45) is 17.8 Å². The minimum absolute atomic E-state index is 0.273. The van der Waals surface area contributed by atoms with Crippen LogP contribution in [0.1, 0.15) is 43.5 Å². The molecule has 1 amide bonds. The van der Waals surface area contributed by atoms with Gasteiger partial charge in [-0.25, -0.2) is 0 Å². The number of anilines is 1. The number of carbonyl (C=O) groups is 2. The molecule has 3 rings (SSSR count). The predicted octanol–water partition coefficient (Wildman–Crippen LogP) is 2.88. The van der Waals surface area contributed by atoms with Gasteiger partial charge in [-0.1, -0.05) is 49.2 Å². The summed E-state index contributed by atoms with van der Waals surface area (Å²) in [5.74, 6) is -1.71. The summed E-state index contributed by atoms with van der Waals surface area (Å²) < 4.78 is 0. The number of rotatable bonds is 5. The van der Waals surface area contributed by atoms with E-state index in [4.69, 9.17) is 0 Å². The molecule has 124 valence electrons. The zero-order valence-electron chi connectivity index (χ0n) is 12.9. The molecule has 2 N–H and O–H groups in total. The normalized spacial score (nSPS) is 24.7. The Morgan fingerprint density at radius 1 is 1.17 bits per heavy atom. The number of carboxylic acids is 1. The van der Waals surface area contributed by atoms with E-state index in [1.807, 2.05) is 12.2 Å². The molecule has 2 aliphatic carbocycles. The Labute approximate surface area is 139 Å². The molecule has 2 unspecified atom stereocenters. The number of hydrogen-bond donors (Lipinski definition) is 2. The Kier molecular flexibility index (Phi) is 5.05. The fraction of sp³-hybridized carbons (Fsp3) is 0.625. The second kappa shape index (κ2) is 7.21. The third kappa shape index (κ3) is 3.96. The Hall–Kier alpha value is -1.76. The molecule has 1 aromatic heterocycles. The summed E-state index contributed by atoms with van der Waals surface area (Å²) in [5, 5.41) is 21.6. The van der Waals surface area contributed by atoms with Crippen molar-refractivity contribution in [3.63, 3.8) is 0 Å². The molecule has 7 heteroatoms. The zero-order chi connectivity index (χ0) is 16.2. The summed E-state index contributed by atoms with van der Waals surface area (Å²) in [6, 6.07) is 0. The van der Waals surface area contributed by atoms with E-state index < -0.39 is 17.8 Å². The van der Waals surface area contributed by atoms with Crippen molar-refractivity contribution >= 4 is 28.3 Å². The Morgan fingerprint density at radius 2 is 1.87 bits per heavy atom. The maximum Gasteiger partial charge on any atom is 0.307 e. The molecule has 23 heavy (non-hydrogen) atoms. The first-order chi connectivity index (χ1) is 11.1. The van der Waals surface area contributed by atoms with Gasteiger partial charge in [-0.3, -0.25) is 9.59 Å². The van der Waals surface area contributed by atoms with Crippen LogP contribution in [0.3, 0.4) is 0 Å². The smallest absolute Gasteiger partial charge is 0.307 e. The van der Waals surface area contributed by atoms with Gasteiger partial charge >= 0.3 is 5.97 Å². The van der Waals surface area contributed by atoms with Crippen molar-refractivity contribution in [2.75, 3.05) is 5.32 Å². The zero-order valence-corrected chi connectivity index (χ0v) is 13.7. The van der Waals surface area contributed by atoms with Gasteiger partial charge in [-0.2, -0.15) is 0 Å². The molecule has 6 nitrogen and oxygen atoms in total. The maximum absolute atomic E-state index is 12.4. The van der Waals surface area contributed by atoms with Gasteiger partial charge in [0.15, 0.2) is 0 Å². The molecule has 0 aliphatic heterocycles. The van der Waals surface area contributed by atoms with Crippen molar-refractivity contribution < 1.29 is 14.7 Å². The third-order valence-corrected chi connectivity index (χ3v) is 5.58. The molecule has 1 heterocycles. The first kappa shape index (κ1) is 16.1. The number of allylic oxidation sites excluding steroid dienone is 2. The molecule has 0 radical (unpaired) electrons. The molecule has 1 aromatic rings. The number of carbonyl (C=O) groups excluding carboxylic acids is 1. The Balaban J connectivity index is 1.60. The summed E-state index contributed by atoms with van der Waals surface area (Å²) in [7, 11) is 0. The monoisotopic (exact) mass is 335 g/mol. The molecule has 0 saturated heterocycles. The van der Waals surface area contributed by atoms with E-state index in [2.05, 4.69) is 15.5 Å². The highest BCUT2D eigenvalue weighted by Gasteiger charge is 2.34. The average molecular weight is 335 g/mol. The number of hydrogen-bond acceptors (Lipinski definition) is 5. The molecule has 2 aliphatic rings. The molecular weight excluding hydrogens is 314 g/mol. The van der Waals surface area contributed by atoms with E-state index >= 15 is 0 Å². The standard InChI is InChI=1S/C16H21N3O3S/c20-14(11-7-3-4-8-12(11)15(21)22)17-16-19-18-13(23-16)9-10-5-1-2-6-10/h3-4,10-12H,1-2,5-9H2,(H,21,22)(H,17,19,20). The van der Waals surface area contributed by atoms with E-state index in [0.29, 0.717) is 23.9 Å². The van der Waals surface area contributed by atoms with Crippen molar-refractivity contribution in [3.05, 3.63) is 17.2 Å². The Morgan fingerprint density at radius 3 is 2.57 bits per heavy atom. The minimum atomic E-state index is -0.923. The van der Waals surface area contributed by atoms with Crippen LogP contribution in [0.15, 0.2) is 12.2 Å². The fourth-order valence-electron chi connectivity index (χ4n) is 3.42. The van der Waals surface area contributed by atoms with Crippen molar-refractivity contribution in [1.82, 2.24) is 10.2 Å². The van der Waals surface area contributed by atoms with Gasteiger partial charge in [0.1, 0.15) is 5.01 Å². The SMILES string of the molecule is O=C(O)C1CC=CCC1C(=O)Nc1nnc(CC2CCCC2)s1. The minimum Gasteiger partial charge on any atom is -0.481 e. The quantitative estimate of drug-likeness (QED) is 0.807. The molecule has 1 saturated carbocycles. The van der Waals surface area contributed by atoms with Gasteiger partial charge in [0, 0.05) is 6.42 Å². The topological polar surface area (TPSA) is 92.2 Å². The van der Waals surface area contributed by atoms with E-state index in [9.17, 15) is 14.7 Å². The first-order valence-electron chi connectivity index (χ1n) is 8.14.